The topological polar surface area (TPSA) is 111 Å². The summed E-state index contributed by atoms with van der Waals surface area (Å²) < 4.78 is 5.08. The van der Waals surface area contributed by atoms with Crippen LogP contribution in [0.5, 0.6) is 11.5 Å². The number of ether oxygens (including phenoxy) is 1. The average molecular weight is 312 g/mol. The second kappa shape index (κ2) is 7.24. The number of aromatic hydroxyl groups is 2. The van der Waals surface area contributed by atoms with Gasteiger partial charge in [-0.15, -0.1) is 0 Å². The van der Waals surface area contributed by atoms with Crippen molar-refractivity contribution < 1.29 is 14.9 Å². The number of benzene rings is 1. The van der Waals surface area contributed by atoms with Crippen LogP contribution in [-0.4, -0.2) is 28.5 Å². The van der Waals surface area contributed by atoms with E-state index in [1.807, 2.05) is 0 Å². The molecule has 2 aromatic rings. The summed E-state index contributed by atoms with van der Waals surface area (Å²) >= 11 is 0. The minimum atomic E-state index is -0.103. The van der Waals surface area contributed by atoms with Crippen molar-refractivity contribution in [3.8, 4) is 17.6 Å². The van der Waals surface area contributed by atoms with Crippen LogP contribution in [0.3, 0.4) is 0 Å². The van der Waals surface area contributed by atoms with Crippen LogP contribution in [0, 0.1) is 18.3 Å². The minimum absolute atomic E-state index is 0.0380. The number of nitrogens with one attached hydrogen (secondary N) is 1. The zero-order valence-electron chi connectivity index (χ0n) is 12.7. The third kappa shape index (κ3) is 3.96. The SMILES string of the molecule is COCc1cc(C)nc(N/N=C/c2ccc(O)cc2O)c1C#N. The van der Waals surface area contributed by atoms with Crippen LogP contribution in [0.4, 0.5) is 5.82 Å². The Hall–Kier alpha value is -3.11. The minimum Gasteiger partial charge on any atom is -0.508 e. The highest BCUT2D eigenvalue weighted by Gasteiger charge is 2.10. The number of anilines is 1. The maximum Gasteiger partial charge on any atom is 0.164 e. The summed E-state index contributed by atoms with van der Waals surface area (Å²) in [5.41, 5.74) is 4.91. The summed E-state index contributed by atoms with van der Waals surface area (Å²) in [6.07, 6.45) is 1.37. The number of hydrogen-bond acceptors (Lipinski definition) is 7. The van der Waals surface area contributed by atoms with Crippen molar-refractivity contribution in [1.82, 2.24) is 4.98 Å². The van der Waals surface area contributed by atoms with Crippen molar-refractivity contribution in [2.75, 3.05) is 12.5 Å². The van der Waals surface area contributed by atoms with Crippen LogP contribution in [0.2, 0.25) is 0 Å². The van der Waals surface area contributed by atoms with E-state index < -0.39 is 0 Å². The summed E-state index contributed by atoms with van der Waals surface area (Å²) in [6.45, 7) is 2.10. The zero-order chi connectivity index (χ0) is 16.8. The van der Waals surface area contributed by atoms with Gasteiger partial charge in [0.15, 0.2) is 5.82 Å². The van der Waals surface area contributed by atoms with Gasteiger partial charge in [-0.3, -0.25) is 5.43 Å². The molecule has 0 saturated heterocycles. The van der Waals surface area contributed by atoms with E-state index in [-0.39, 0.29) is 11.5 Å². The van der Waals surface area contributed by atoms with E-state index in [9.17, 15) is 15.5 Å². The summed E-state index contributed by atoms with van der Waals surface area (Å²) in [4.78, 5) is 4.25. The van der Waals surface area contributed by atoms with E-state index in [1.165, 1.54) is 24.4 Å². The maximum atomic E-state index is 9.68. The van der Waals surface area contributed by atoms with Crippen LogP contribution in [0.25, 0.3) is 0 Å². The van der Waals surface area contributed by atoms with Gasteiger partial charge >= 0.3 is 0 Å². The van der Waals surface area contributed by atoms with E-state index in [0.717, 1.165) is 5.69 Å². The molecule has 0 fully saturated rings. The molecule has 7 nitrogen and oxygen atoms in total. The average Bonchev–Trinajstić information content (AvgIpc) is 2.49. The van der Waals surface area contributed by atoms with Gasteiger partial charge in [0, 0.05) is 30.0 Å². The monoisotopic (exact) mass is 312 g/mol. The quantitative estimate of drug-likeness (QED) is 0.577. The largest absolute Gasteiger partial charge is 0.508 e. The van der Waals surface area contributed by atoms with E-state index >= 15 is 0 Å². The molecule has 0 radical (unpaired) electrons. The molecule has 23 heavy (non-hydrogen) atoms. The van der Waals surface area contributed by atoms with E-state index in [4.69, 9.17) is 4.74 Å². The molecule has 3 N–H and O–H groups in total. The first-order valence-corrected chi connectivity index (χ1v) is 6.75. The Kier molecular flexibility index (Phi) is 5.12. The van der Waals surface area contributed by atoms with Gasteiger partial charge in [-0.1, -0.05) is 0 Å². The lowest BCUT2D eigenvalue weighted by Gasteiger charge is -2.09. The first-order valence-electron chi connectivity index (χ1n) is 6.75. The number of nitrogens with zero attached hydrogens (tertiary/aromatic N) is 3. The Morgan fingerprint density at radius 3 is 2.83 bits per heavy atom. The highest BCUT2D eigenvalue weighted by Crippen LogP contribution is 2.22. The van der Waals surface area contributed by atoms with E-state index in [1.54, 1.807) is 20.1 Å². The molecule has 0 saturated carbocycles. The van der Waals surface area contributed by atoms with Gasteiger partial charge < -0.3 is 14.9 Å². The number of aryl methyl sites for hydroxylation is 1. The second-order valence-electron chi connectivity index (χ2n) is 4.80. The third-order valence-electron chi connectivity index (χ3n) is 3.03. The Labute approximate surface area is 133 Å². The molecule has 0 aliphatic carbocycles. The lowest BCUT2D eigenvalue weighted by Crippen LogP contribution is -2.03. The van der Waals surface area contributed by atoms with Gasteiger partial charge in [0.2, 0.25) is 0 Å². The van der Waals surface area contributed by atoms with Crippen LogP contribution in [-0.2, 0) is 11.3 Å². The van der Waals surface area contributed by atoms with Gasteiger partial charge in [-0.2, -0.15) is 10.4 Å². The molecule has 1 aromatic heterocycles. The summed E-state index contributed by atoms with van der Waals surface area (Å²) in [5.74, 6) is 0.173. The highest BCUT2D eigenvalue weighted by atomic mass is 16.5. The summed E-state index contributed by atoms with van der Waals surface area (Å²) in [7, 11) is 1.55. The molecule has 2 rings (SSSR count). The van der Waals surface area contributed by atoms with Crippen LogP contribution in [0.1, 0.15) is 22.4 Å². The Morgan fingerprint density at radius 2 is 2.17 bits per heavy atom. The molecule has 0 amide bonds. The first-order chi connectivity index (χ1) is 11.0. The third-order valence-corrected chi connectivity index (χ3v) is 3.03. The number of phenols is 2. The van der Waals surface area contributed by atoms with Crippen molar-refractivity contribution in [3.63, 3.8) is 0 Å². The van der Waals surface area contributed by atoms with Crippen molar-refractivity contribution >= 4 is 12.0 Å². The number of nitriles is 1. The molecular weight excluding hydrogens is 296 g/mol. The van der Waals surface area contributed by atoms with Gasteiger partial charge in [0.25, 0.3) is 0 Å². The van der Waals surface area contributed by atoms with E-state index in [2.05, 4.69) is 21.6 Å². The summed E-state index contributed by atoms with van der Waals surface area (Å²) in [5, 5.41) is 32.2. The van der Waals surface area contributed by atoms with Crippen molar-refractivity contribution in [3.05, 3.63) is 46.6 Å². The Morgan fingerprint density at radius 1 is 1.39 bits per heavy atom. The summed E-state index contributed by atoms with van der Waals surface area (Å²) in [6, 6.07) is 8.02. The molecule has 0 aliphatic rings. The van der Waals surface area contributed by atoms with Crippen molar-refractivity contribution in [1.29, 1.82) is 5.26 Å². The molecule has 0 atom stereocenters. The van der Waals surface area contributed by atoms with E-state index in [0.29, 0.717) is 29.1 Å². The first kappa shape index (κ1) is 16.3. The normalized spacial score (nSPS) is 10.7. The highest BCUT2D eigenvalue weighted by molar-refractivity contribution is 5.84. The predicted molar refractivity (Wildman–Crippen MR) is 85.4 cm³/mol. The van der Waals surface area contributed by atoms with Crippen molar-refractivity contribution in [2.24, 2.45) is 5.10 Å². The number of rotatable bonds is 5. The number of aromatic nitrogens is 1. The molecule has 1 aromatic carbocycles. The Bertz CT molecular complexity index is 782. The number of pyridine rings is 1. The molecule has 0 spiro atoms. The van der Waals surface area contributed by atoms with Gasteiger partial charge in [0.05, 0.1) is 12.8 Å². The number of methoxy groups -OCH3 is 1. The van der Waals surface area contributed by atoms with Gasteiger partial charge in [-0.05, 0) is 25.1 Å². The van der Waals surface area contributed by atoms with Crippen LogP contribution in [0.15, 0.2) is 29.4 Å². The molecular formula is C16H16N4O3. The zero-order valence-corrected chi connectivity index (χ0v) is 12.7. The van der Waals surface area contributed by atoms with Crippen molar-refractivity contribution in [2.45, 2.75) is 13.5 Å². The fourth-order valence-electron chi connectivity index (χ4n) is 2.02. The molecule has 0 unspecified atom stereocenters. The molecule has 0 bridgehead atoms. The van der Waals surface area contributed by atoms with Crippen LogP contribution < -0.4 is 5.43 Å². The van der Waals surface area contributed by atoms with Gasteiger partial charge in [-0.25, -0.2) is 4.98 Å². The fraction of sp³-hybridized carbons (Fsp3) is 0.188. The van der Waals surface area contributed by atoms with Crippen LogP contribution >= 0.6 is 0 Å². The van der Waals surface area contributed by atoms with Gasteiger partial charge in [0.1, 0.15) is 23.1 Å². The molecule has 118 valence electrons. The number of phenolic OH excluding ortho intramolecular Hbond substituents is 2. The smallest absolute Gasteiger partial charge is 0.164 e. The number of hydrogen-bond donors (Lipinski definition) is 3. The Balaban J connectivity index is 2.26. The standard InChI is InChI=1S/C16H16N4O3/c1-10-5-12(9-23-2)14(7-17)16(19-10)20-18-8-11-3-4-13(21)6-15(11)22/h3-6,8,21-22H,9H2,1-2H3,(H,19,20)/b18-8+. The molecule has 1 heterocycles. The lowest BCUT2D eigenvalue weighted by molar-refractivity contribution is 0.184. The fourth-order valence-corrected chi connectivity index (χ4v) is 2.02. The second-order valence-corrected chi connectivity index (χ2v) is 4.80. The number of hydrazone groups is 1. The molecule has 0 aliphatic heterocycles. The maximum absolute atomic E-state index is 9.68. The lowest BCUT2D eigenvalue weighted by atomic mass is 10.1. The predicted octanol–water partition coefficient (Wildman–Crippen LogP) is 2.27. The molecule has 7 heteroatoms.